The summed E-state index contributed by atoms with van der Waals surface area (Å²) < 4.78 is 3.57. The number of fused-ring (bicyclic) bond motifs is 2. The fourth-order valence-electron chi connectivity index (χ4n) is 3.39. The van der Waals surface area contributed by atoms with Crippen LogP contribution in [0.5, 0.6) is 0 Å². The Balaban J connectivity index is 1.57. The first-order valence-corrected chi connectivity index (χ1v) is 8.72. The summed E-state index contributed by atoms with van der Waals surface area (Å²) in [7, 11) is 1.89. The summed E-state index contributed by atoms with van der Waals surface area (Å²) in [4.78, 5) is 4.46. The van der Waals surface area contributed by atoms with Crippen LogP contribution in [0.2, 0.25) is 0 Å². The Labute approximate surface area is 155 Å². The zero-order chi connectivity index (χ0) is 18.4. The van der Waals surface area contributed by atoms with E-state index in [1.54, 1.807) is 10.9 Å². The van der Waals surface area contributed by atoms with E-state index in [0.717, 1.165) is 44.8 Å². The summed E-state index contributed by atoms with van der Waals surface area (Å²) in [5.74, 6) is 0.804. The average Bonchev–Trinajstić information content (AvgIpc) is 3.28. The zero-order valence-electron chi connectivity index (χ0n) is 15.0. The molecule has 5 rings (SSSR count). The van der Waals surface area contributed by atoms with Gasteiger partial charge in [0.05, 0.1) is 17.4 Å². The fraction of sp³-hybridized carbons (Fsp3) is 0.150. The van der Waals surface area contributed by atoms with Gasteiger partial charge in [0.1, 0.15) is 0 Å². The van der Waals surface area contributed by atoms with Crippen molar-refractivity contribution in [3.05, 3.63) is 71.9 Å². The van der Waals surface area contributed by atoms with Gasteiger partial charge in [-0.2, -0.15) is 14.7 Å². The highest BCUT2D eigenvalue weighted by molar-refractivity contribution is 5.82. The molecule has 7 nitrogen and oxygen atoms in total. The monoisotopic (exact) mass is 355 g/mol. The third-order valence-electron chi connectivity index (χ3n) is 4.65. The Hall–Kier alpha value is -3.61. The van der Waals surface area contributed by atoms with Gasteiger partial charge in [-0.1, -0.05) is 12.1 Å². The van der Waals surface area contributed by atoms with Crippen LogP contribution in [0.3, 0.4) is 0 Å². The van der Waals surface area contributed by atoms with Crippen molar-refractivity contribution in [2.24, 2.45) is 7.05 Å². The van der Waals surface area contributed by atoms with Crippen molar-refractivity contribution in [1.82, 2.24) is 34.6 Å². The number of rotatable bonds is 3. The molecule has 0 aliphatic carbocycles. The summed E-state index contributed by atoms with van der Waals surface area (Å²) >= 11 is 0. The second kappa shape index (κ2) is 5.98. The van der Waals surface area contributed by atoms with Gasteiger partial charge in [0.15, 0.2) is 11.5 Å². The van der Waals surface area contributed by atoms with Crippen molar-refractivity contribution >= 4 is 16.6 Å². The van der Waals surface area contributed by atoms with Gasteiger partial charge in [0, 0.05) is 36.8 Å². The molecule has 0 fully saturated rings. The number of aryl methyl sites for hydroxylation is 2. The van der Waals surface area contributed by atoms with Crippen molar-refractivity contribution in [3.63, 3.8) is 0 Å². The van der Waals surface area contributed by atoms with Crippen molar-refractivity contribution in [1.29, 1.82) is 0 Å². The topological polar surface area (TPSA) is 73.8 Å². The van der Waals surface area contributed by atoms with Crippen molar-refractivity contribution < 1.29 is 0 Å². The lowest BCUT2D eigenvalue weighted by Gasteiger charge is -2.06. The Morgan fingerprint density at radius 2 is 2.00 bits per heavy atom. The molecule has 0 aliphatic heterocycles. The highest BCUT2D eigenvalue weighted by atomic mass is 15.4. The van der Waals surface area contributed by atoms with Crippen LogP contribution in [0, 0.1) is 6.92 Å². The molecule has 0 saturated carbocycles. The highest BCUT2D eigenvalue weighted by Gasteiger charge is 2.11. The minimum atomic E-state index is 0.649. The molecule has 4 heterocycles. The summed E-state index contributed by atoms with van der Waals surface area (Å²) in [6.07, 6.45) is 6.22. The number of pyridine rings is 1. The molecule has 0 amide bonds. The standard InChI is InChI=1S/C20H17N7/c1-13-8-14(9-15-4-3-7-21-20(13)15)10-19-24-23-18-6-5-17(25-27(18)19)16-11-22-26(2)12-16/h3-9,11-12H,10H2,1-2H3. The number of hydrogen-bond donors (Lipinski definition) is 0. The van der Waals surface area contributed by atoms with Crippen LogP contribution < -0.4 is 0 Å². The molecule has 27 heavy (non-hydrogen) atoms. The molecule has 0 saturated heterocycles. The van der Waals surface area contributed by atoms with Gasteiger partial charge in [0.2, 0.25) is 0 Å². The smallest absolute Gasteiger partial charge is 0.177 e. The number of nitrogens with zero attached hydrogens (tertiary/aromatic N) is 7. The average molecular weight is 355 g/mol. The van der Waals surface area contributed by atoms with Gasteiger partial charge < -0.3 is 0 Å². The lowest BCUT2D eigenvalue weighted by Crippen LogP contribution is -2.02. The first-order chi connectivity index (χ1) is 13.2. The van der Waals surface area contributed by atoms with Crippen LogP contribution in [0.25, 0.3) is 27.8 Å². The first-order valence-electron chi connectivity index (χ1n) is 8.72. The predicted octanol–water partition coefficient (Wildman–Crippen LogP) is 2.97. The van der Waals surface area contributed by atoms with Gasteiger partial charge >= 0.3 is 0 Å². The highest BCUT2D eigenvalue weighted by Crippen LogP contribution is 2.21. The molecule has 0 bridgehead atoms. The first kappa shape index (κ1) is 15.6. The van der Waals surface area contributed by atoms with E-state index in [1.165, 1.54) is 0 Å². The van der Waals surface area contributed by atoms with Crippen LogP contribution in [0.1, 0.15) is 17.0 Å². The Bertz CT molecular complexity index is 1280. The van der Waals surface area contributed by atoms with Crippen molar-refractivity contribution in [2.45, 2.75) is 13.3 Å². The molecule has 0 atom stereocenters. The molecule has 0 aliphatic rings. The van der Waals surface area contributed by atoms with E-state index in [9.17, 15) is 0 Å². The van der Waals surface area contributed by atoms with Crippen molar-refractivity contribution in [3.8, 4) is 11.3 Å². The van der Waals surface area contributed by atoms with E-state index in [-0.39, 0.29) is 0 Å². The van der Waals surface area contributed by atoms with Gasteiger partial charge in [-0.05, 0) is 42.3 Å². The molecule has 0 N–H and O–H groups in total. The van der Waals surface area contributed by atoms with Gasteiger partial charge in [-0.3, -0.25) is 9.67 Å². The second-order valence-electron chi connectivity index (χ2n) is 6.67. The third-order valence-corrected chi connectivity index (χ3v) is 4.65. The van der Waals surface area contributed by atoms with Crippen LogP contribution in [-0.2, 0) is 13.5 Å². The molecule has 1 aromatic carbocycles. The predicted molar refractivity (Wildman–Crippen MR) is 102 cm³/mol. The minimum Gasteiger partial charge on any atom is -0.275 e. The number of hydrogen-bond acceptors (Lipinski definition) is 5. The quantitative estimate of drug-likeness (QED) is 0.497. The summed E-state index contributed by atoms with van der Waals surface area (Å²) in [6, 6.07) is 12.2. The molecule has 0 unspecified atom stereocenters. The van der Waals surface area contributed by atoms with Crippen LogP contribution in [0.15, 0.2) is 55.0 Å². The van der Waals surface area contributed by atoms with Gasteiger partial charge in [-0.15, -0.1) is 10.2 Å². The van der Waals surface area contributed by atoms with E-state index < -0.39 is 0 Å². The number of aromatic nitrogens is 7. The van der Waals surface area contributed by atoms with Crippen molar-refractivity contribution in [2.75, 3.05) is 0 Å². The van der Waals surface area contributed by atoms with Crippen LogP contribution in [0.4, 0.5) is 0 Å². The maximum absolute atomic E-state index is 4.73. The maximum atomic E-state index is 4.73. The van der Waals surface area contributed by atoms with E-state index in [4.69, 9.17) is 5.10 Å². The minimum absolute atomic E-state index is 0.649. The lowest BCUT2D eigenvalue weighted by atomic mass is 10.0. The summed E-state index contributed by atoms with van der Waals surface area (Å²) in [5.41, 5.74) is 5.89. The molecule has 5 aromatic rings. The van der Waals surface area contributed by atoms with E-state index >= 15 is 0 Å². The van der Waals surface area contributed by atoms with E-state index in [1.807, 2.05) is 42.2 Å². The van der Waals surface area contributed by atoms with Gasteiger partial charge in [-0.25, -0.2) is 0 Å². The SMILES string of the molecule is Cc1cc(Cc2nnc3ccc(-c4cnn(C)c4)nn23)cc2cccnc12. The van der Waals surface area contributed by atoms with E-state index in [2.05, 4.69) is 45.4 Å². The number of benzene rings is 1. The fourth-order valence-corrected chi connectivity index (χ4v) is 3.39. The van der Waals surface area contributed by atoms with E-state index in [0.29, 0.717) is 6.42 Å². The Morgan fingerprint density at radius 3 is 2.85 bits per heavy atom. The zero-order valence-corrected chi connectivity index (χ0v) is 15.0. The molecular weight excluding hydrogens is 338 g/mol. The molecule has 4 aromatic heterocycles. The Kier molecular flexibility index (Phi) is 3.46. The second-order valence-corrected chi connectivity index (χ2v) is 6.67. The molecule has 0 radical (unpaired) electrons. The molecular formula is C20H17N7. The maximum Gasteiger partial charge on any atom is 0.177 e. The Morgan fingerprint density at radius 1 is 1.07 bits per heavy atom. The van der Waals surface area contributed by atoms with Gasteiger partial charge in [0.25, 0.3) is 0 Å². The third kappa shape index (κ3) is 2.73. The summed E-state index contributed by atoms with van der Waals surface area (Å²) in [5, 5.41) is 18.7. The normalized spacial score (nSPS) is 11.5. The largest absolute Gasteiger partial charge is 0.275 e. The lowest BCUT2D eigenvalue weighted by molar-refractivity contribution is 0.768. The molecule has 7 heteroatoms. The molecule has 0 spiro atoms. The summed E-state index contributed by atoms with van der Waals surface area (Å²) in [6.45, 7) is 2.08. The van der Waals surface area contributed by atoms with Crippen LogP contribution >= 0.6 is 0 Å². The molecule has 132 valence electrons. The van der Waals surface area contributed by atoms with Crippen LogP contribution in [-0.4, -0.2) is 34.6 Å².